The highest BCUT2D eigenvalue weighted by molar-refractivity contribution is 7.74. The van der Waals surface area contributed by atoms with E-state index in [2.05, 4.69) is 46.0 Å². The summed E-state index contributed by atoms with van der Waals surface area (Å²) in [4.78, 5) is 0. The predicted molar refractivity (Wildman–Crippen MR) is 107 cm³/mol. The lowest BCUT2D eigenvalue weighted by Crippen LogP contribution is -2.23. The predicted octanol–water partition coefficient (Wildman–Crippen LogP) is 4.83. The first-order valence-corrected chi connectivity index (χ1v) is 11.2. The van der Waals surface area contributed by atoms with Crippen molar-refractivity contribution in [2.45, 2.75) is 96.9 Å². The summed E-state index contributed by atoms with van der Waals surface area (Å²) in [6.45, 7) is 3.47. The van der Waals surface area contributed by atoms with Crippen LogP contribution in [-0.2, 0) is 29.1 Å². The highest BCUT2D eigenvalue weighted by Gasteiger charge is 1.99. The summed E-state index contributed by atoms with van der Waals surface area (Å²) >= 11 is -2.32. The second kappa shape index (κ2) is 19.1. The van der Waals surface area contributed by atoms with Crippen LogP contribution in [0.1, 0.15) is 90.4 Å². The minimum absolute atomic E-state index is 1.09. The first kappa shape index (κ1) is 25.3. The third-order valence-electron chi connectivity index (χ3n) is 4.48. The molecule has 0 spiro atoms. The largest absolute Gasteiger partial charge is 0.750 e. The molecule has 0 aromatic carbocycles. The summed E-state index contributed by atoms with van der Waals surface area (Å²) in [7, 11) is 3.17. The van der Waals surface area contributed by atoms with Crippen LogP contribution < -0.4 is 4.57 Å². The Morgan fingerprint density at radius 1 is 0.923 bits per heavy atom. The van der Waals surface area contributed by atoms with E-state index in [4.69, 9.17) is 8.76 Å². The van der Waals surface area contributed by atoms with Gasteiger partial charge in [0.15, 0.2) is 0 Å². The van der Waals surface area contributed by atoms with Crippen molar-refractivity contribution in [3.05, 3.63) is 18.7 Å². The van der Waals surface area contributed by atoms with Crippen molar-refractivity contribution in [2.75, 3.05) is 7.11 Å². The van der Waals surface area contributed by atoms with Gasteiger partial charge >= 0.3 is 0 Å². The number of rotatable bonds is 15. The van der Waals surface area contributed by atoms with Crippen LogP contribution in [0.25, 0.3) is 0 Å². The molecule has 0 aliphatic carbocycles. The molecular formula is C20H40N2O3S. The molecule has 0 aliphatic heterocycles. The van der Waals surface area contributed by atoms with Crippen molar-refractivity contribution in [3.63, 3.8) is 0 Å². The Hall–Kier alpha value is -0.720. The van der Waals surface area contributed by atoms with E-state index < -0.39 is 11.4 Å². The van der Waals surface area contributed by atoms with Gasteiger partial charge in [-0.05, 0) is 12.8 Å². The van der Waals surface area contributed by atoms with Crippen molar-refractivity contribution in [1.82, 2.24) is 4.57 Å². The van der Waals surface area contributed by atoms with Crippen LogP contribution in [0.3, 0.4) is 0 Å². The molecular weight excluding hydrogens is 348 g/mol. The third kappa shape index (κ3) is 18.1. The summed E-state index contributed by atoms with van der Waals surface area (Å²) in [6.07, 6.45) is 25.0. The monoisotopic (exact) mass is 388 g/mol. The molecule has 1 rings (SSSR count). The molecule has 0 saturated carbocycles. The summed E-state index contributed by atoms with van der Waals surface area (Å²) in [5.41, 5.74) is 0. The van der Waals surface area contributed by atoms with Crippen LogP contribution >= 0.6 is 0 Å². The fraction of sp³-hybridized carbons (Fsp3) is 0.850. The van der Waals surface area contributed by atoms with Crippen LogP contribution in [0.4, 0.5) is 0 Å². The fourth-order valence-corrected chi connectivity index (χ4v) is 2.95. The molecule has 0 N–H and O–H groups in total. The molecule has 0 radical (unpaired) electrons. The SMILES string of the molecule is CCCCCCCCCCCCCCCn1cc[n+](C)c1.COS(=O)[O-]. The summed E-state index contributed by atoms with van der Waals surface area (Å²) < 4.78 is 26.4. The molecule has 26 heavy (non-hydrogen) atoms. The Labute approximate surface area is 163 Å². The first-order chi connectivity index (χ1) is 12.6. The molecule has 1 unspecified atom stereocenters. The molecule has 5 nitrogen and oxygen atoms in total. The number of hydrogen-bond acceptors (Lipinski definition) is 3. The standard InChI is InChI=1S/C19H37N2.CH4O3S/c1-3-4-5-6-7-8-9-10-11-12-13-14-15-16-21-18-17-20(2)19-21;1-4-5(2)3/h17-19H,3-16H2,1-2H3;1H3,(H,2,3)/q+1;/p-1. The molecule has 1 aromatic heterocycles. The first-order valence-electron chi connectivity index (χ1n) is 10.2. The minimum atomic E-state index is -2.32. The van der Waals surface area contributed by atoms with Crippen LogP contribution in [0.2, 0.25) is 0 Å². The molecule has 1 atom stereocenters. The molecule has 1 heterocycles. The average Bonchev–Trinajstić information content (AvgIpc) is 3.04. The van der Waals surface area contributed by atoms with Crippen LogP contribution in [0.5, 0.6) is 0 Å². The maximum Gasteiger partial charge on any atom is 0.243 e. The van der Waals surface area contributed by atoms with E-state index in [1.165, 1.54) is 90.0 Å². The van der Waals surface area contributed by atoms with Crippen molar-refractivity contribution in [1.29, 1.82) is 0 Å². The van der Waals surface area contributed by atoms with E-state index >= 15 is 0 Å². The molecule has 0 bridgehead atoms. The topological polar surface area (TPSA) is 58.2 Å². The zero-order valence-electron chi connectivity index (χ0n) is 17.2. The molecule has 0 saturated heterocycles. The summed E-state index contributed by atoms with van der Waals surface area (Å²) in [6, 6.07) is 0. The summed E-state index contributed by atoms with van der Waals surface area (Å²) in [5, 5.41) is 0. The lowest BCUT2D eigenvalue weighted by molar-refractivity contribution is -0.671. The zero-order chi connectivity index (χ0) is 19.5. The smallest absolute Gasteiger partial charge is 0.243 e. The van der Waals surface area contributed by atoms with Gasteiger partial charge in [-0.1, -0.05) is 77.6 Å². The van der Waals surface area contributed by atoms with E-state index in [-0.39, 0.29) is 0 Å². The Balaban J connectivity index is 0.00000110. The maximum atomic E-state index is 9.15. The van der Waals surface area contributed by atoms with Crippen LogP contribution in [0, 0.1) is 0 Å². The number of unbranched alkanes of at least 4 members (excludes halogenated alkanes) is 12. The highest BCUT2D eigenvalue weighted by Crippen LogP contribution is 2.12. The normalized spacial score (nSPS) is 11.8. The van der Waals surface area contributed by atoms with Gasteiger partial charge in [0, 0.05) is 0 Å². The van der Waals surface area contributed by atoms with Gasteiger partial charge in [-0.2, -0.15) is 0 Å². The summed E-state index contributed by atoms with van der Waals surface area (Å²) in [5.74, 6) is 0. The molecule has 0 fully saturated rings. The third-order valence-corrected chi connectivity index (χ3v) is 4.75. The van der Waals surface area contributed by atoms with Crippen molar-refractivity contribution in [2.24, 2.45) is 7.05 Å². The Bertz CT molecular complexity index is 438. The van der Waals surface area contributed by atoms with Crippen molar-refractivity contribution >= 4 is 11.4 Å². The fourth-order valence-electron chi connectivity index (χ4n) is 2.95. The number of aromatic nitrogens is 2. The van der Waals surface area contributed by atoms with E-state index in [0.29, 0.717) is 0 Å². The van der Waals surface area contributed by atoms with Gasteiger partial charge < -0.3 is 8.74 Å². The van der Waals surface area contributed by atoms with E-state index in [1.54, 1.807) is 0 Å². The lowest BCUT2D eigenvalue weighted by Gasteiger charge is -2.02. The molecule has 0 amide bonds. The van der Waals surface area contributed by atoms with Crippen LogP contribution in [-0.4, -0.2) is 20.4 Å². The van der Waals surface area contributed by atoms with Gasteiger partial charge in [0.1, 0.15) is 12.4 Å². The molecule has 1 aromatic rings. The molecule has 6 heteroatoms. The minimum Gasteiger partial charge on any atom is -0.750 e. The average molecular weight is 389 g/mol. The molecule has 154 valence electrons. The Kier molecular flexibility index (Phi) is 18.5. The Morgan fingerprint density at radius 3 is 1.69 bits per heavy atom. The second-order valence-corrected chi connectivity index (χ2v) is 7.67. The highest BCUT2D eigenvalue weighted by atomic mass is 32.2. The van der Waals surface area contributed by atoms with Gasteiger partial charge in [-0.15, -0.1) is 0 Å². The van der Waals surface area contributed by atoms with Gasteiger partial charge in [0.25, 0.3) is 0 Å². The van der Waals surface area contributed by atoms with E-state index in [1.807, 2.05) is 0 Å². The van der Waals surface area contributed by atoms with Crippen LogP contribution in [0.15, 0.2) is 18.7 Å². The number of aryl methyl sites for hydroxylation is 2. The zero-order valence-corrected chi connectivity index (χ0v) is 18.0. The number of hydrogen-bond donors (Lipinski definition) is 0. The maximum absolute atomic E-state index is 9.15. The van der Waals surface area contributed by atoms with E-state index in [9.17, 15) is 0 Å². The number of nitrogens with zero attached hydrogens (tertiary/aromatic N) is 2. The number of imidazole rings is 1. The van der Waals surface area contributed by atoms with Gasteiger partial charge in [-0.25, -0.2) is 13.3 Å². The quantitative estimate of drug-likeness (QED) is 0.246. The van der Waals surface area contributed by atoms with Gasteiger partial charge in [0.2, 0.25) is 6.33 Å². The Morgan fingerprint density at radius 2 is 1.35 bits per heavy atom. The van der Waals surface area contributed by atoms with Gasteiger partial charge in [0.05, 0.1) is 32.1 Å². The van der Waals surface area contributed by atoms with Gasteiger partial charge in [-0.3, -0.25) is 0 Å². The van der Waals surface area contributed by atoms with Crippen molar-refractivity contribution < 1.29 is 17.5 Å². The lowest BCUT2D eigenvalue weighted by atomic mass is 10.0. The second-order valence-electron chi connectivity index (χ2n) is 6.93. The van der Waals surface area contributed by atoms with E-state index in [0.717, 1.165) is 7.11 Å². The van der Waals surface area contributed by atoms with Crippen molar-refractivity contribution in [3.8, 4) is 0 Å². The molecule has 0 aliphatic rings.